The lowest BCUT2D eigenvalue weighted by molar-refractivity contribution is 0.417. The Morgan fingerprint density at radius 3 is 2.94 bits per heavy atom. The molecule has 2 heterocycles. The normalized spacial score (nSPS) is 17.4. The van der Waals surface area contributed by atoms with Crippen molar-refractivity contribution in [1.29, 1.82) is 0 Å². The van der Waals surface area contributed by atoms with Crippen LogP contribution in [0.5, 0.6) is 0 Å². The zero-order valence-electron chi connectivity index (χ0n) is 9.99. The number of nitrogens with one attached hydrogen (secondary N) is 1. The Balaban J connectivity index is 1.97. The monoisotopic (exact) mass is 266 g/mol. The average Bonchev–Trinajstić information content (AvgIpc) is 2.67. The van der Waals surface area contributed by atoms with E-state index in [1.54, 1.807) is 10.6 Å². The minimum absolute atomic E-state index is 0.131. The fourth-order valence-corrected chi connectivity index (χ4v) is 3.70. The maximum Gasteiger partial charge on any atom is 0.326 e. The number of rotatable bonds is 2. The molecule has 1 fully saturated rings. The van der Waals surface area contributed by atoms with Crippen LogP contribution in [0, 0.1) is 11.7 Å². The molecule has 0 atom stereocenters. The van der Waals surface area contributed by atoms with E-state index in [1.807, 2.05) is 11.8 Å². The van der Waals surface area contributed by atoms with Gasteiger partial charge < -0.3 is 4.98 Å². The van der Waals surface area contributed by atoms with Crippen LogP contribution in [-0.2, 0) is 6.54 Å². The Morgan fingerprint density at radius 2 is 2.17 bits per heavy atom. The molecule has 0 spiro atoms. The molecule has 0 saturated carbocycles. The summed E-state index contributed by atoms with van der Waals surface area (Å²) in [7, 11) is 0. The zero-order valence-corrected chi connectivity index (χ0v) is 10.8. The Labute approximate surface area is 108 Å². The van der Waals surface area contributed by atoms with Crippen LogP contribution in [-0.4, -0.2) is 21.1 Å². The molecule has 1 saturated heterocycles. The minimum atomic E-state index is -0.297. The van der Waals surface area contributed by atoms with Crippen molar-refractivity contribution in [3.63, 3.8) is 0 Å². The quantitative estimate of drug-likeness (QED) is 0.907. The topological polar surface area (TPSA) is 37.8 Å². The smallest absolute Gasteiger partial charge is 0.306 e. The highest BCUT2D eigenvalue weighted by atomic mass is 32.2. The first-order valence-electron chi connectivity index (χ1n) is 6.20. The molecule has 0 radical (unpaired) electrons. The Bertz CT molecular complexity index is 613. The lowest BCUT2D eigenvalue weighted by atomic mass is 10.0. The van der Waals surface area contributed by atoms with Crippen molar-refractivity contribution in [2.24, 2.45) is 5.92 Å². The number of aromatic amines is 1. The second-order valence-corrected chi connectivity index (χ2v) is 5.98. The summed E-state index contributed by atoms with van der Waals surface area (Å²) in [5, 5.41) is 0. The van der Waals surface area contributed by atoms with Gasteiger partial charge in [0, 0.05) is 6.54 Å². The van der Waals surface area contributed by atoms with Crippen molar-refractivity contribution in [3.05, 3.63) is 34.5 Å². The van der Waals surface area contributed by atoms with E-state index in [0.717, 1.165) is 24.3 Å². The van der Waals surface area contributed by atoms with Crippen molar-refractivity contribution >= 4 is 22.8 Å². The van der Waals surface area contributed by atoms with Crippen molar-refractivity contribution in [2.75, 3.05) is 11.5 Å². The number of benzene rings is 1. The van der Waals surface area contributed by atoms with Crippen LogP contribution in [0.1, 0.15) is 12.8 Å². The summed E-state index contributed by atoms with van der Waals surface area (Å²) >= 11 is 1.97. The Hall–Kier alpha value is -1.23. The number of thioether (sulfide) groups is 1. The van der Waals surface area contributed by atoms with Gasteiger partial charge in [0.2, 0.25) is 0 Å². The fourth-order valence-electron chi connectivity index (χ4n) is 2.49. The van der Waals surface area contributed by atoms with Gasteiger partial charge in [0.1, 0.15) is 5.82 Å². The van der Waals surface area contributed by atoms with Gasteiger partial charge in [0.15, 0.2) is 0 Å². The first-order valence-corrected chi connectivity index (χ1v) is 7.35. The molecule has 96 valence electrons. The van der Waals surface area contributed by atoms with Crippen LogP contribution in [0.2, 0.25) is 0 Å². The van der Waals surface area contributed by atoms with E-state index in [1.165, 1.54) is 12.1 Å². The van der Waals surface area contributed by atoms with Gasteiger partial charge in [-0.1, -0.05) is 0 Å². The van der Waals surface area contributed by atoms with E-state index in [4.69, 9.17) is 0 Å². The third kappa shape index (κ3) is 2.19. The maximum atomic E-state index is 13.3. The van der Waals surface area contributed by atoms with Crippen LogP contribution in [0.3, 0.4) is 0 Å². The number of fused-ring (bicyclic) bond motifs is 1. The van der Waals surface area contributed by atoms with Crippen molar-refractivity contribution in [1.82, 2.24) is 9.55 Å². The largest absolute Gasteiger partial charge is 0.326 e. The molecule has 3 nitrogen and oxygen atoms in total. The molecule has 0 aliphatic carbocycles. The highest BCUT2D eigenvalue weighted by molar-refractivity contribution is 7.99. The zero-order chi connectivity index (χ0) is 12.5. The van der Waals surface area contributed by atoms with Gasteiger partial charge in [-0.2, -0.15) is 11.8 Å². The molecular weight excluding hydrogens is 251 g/mol. The first-order chi connectivity index (χ1) is 8.74. The molecule has 5 heteroatoms. The maximum absolute atomic E-state index is 13.3. The summed E-state index contributed by atoms with van der Waals surface area (Å²) in [6.07, 6.45) is 2.28. The number of nitrogens with zero attached hydrogens (tertiary/aromatic N) is 1. The van der Waals surface area contributed by atoms with Crippen molar-refractivity contribution < 1.29 is 4.39 Å². The molecule has 1 aromatic carbocycles. The average molecular weight is 266 g/mol. The minimum Gasteiger partial charge on any atom is -0.306 e. The molecule has 1 aromatic heterocycles. The first kappa shape index (κ1) is 11.8. The third-order valence-corrected chi connectivity index (χ3v) is 4.57. The predicted molar refractivity (Wildman–Crippen MR) is 72.6 cm³/mol. The summed E-state index contributed by atoms with van der Waals surface area (Å²) in [5.74, 6) is 2.56. The molecule has 1 N–H and O–H groups in total. The number of hydrogen-bond acceptors (Lipinski definition) is 2. The SMILES string of the molecule is O=c1[nH]c2ccc(F)cc2n1CC1CCSCC1. The molecule has 0 unspecified atom stereocenters. The van der Waals surface area contributed by atoms with Gasteiger partial charge in [-0.25, -0.2) is 9.18 Å². The number of aromatic nitrogens is 2. The number of imidazole rings is 1. The van der Waals surface area contributed by atoms with E-state index in [-0.39, 0.29) is 11.5 Å². The van der Waals surface area contributed by atoms with E-state index < -0.39 is 0 Å². The summed E-state index contributed by atoms with van der Waals surface area (Å²) < 4.78 is 15.0. The second kappa shape index (κ2) is 4.80. The predicted octanol–water partition coefficient (Wildman–Crippen LogP) is 2.61. The van der Waals surface area contributed by atoms with Crippen LogP contribution in [0.25, 0.3) is 11.0 Å². The molecular formula is C13H15FN2OS. The van der Waals surface area contributed by atoms with Gasteiger partial charge >= 0.3 is 5.69 Å². The lowest BCUT2D eigenvalue weighted by Gasteiger charge is -2.21. The molecule has 3 rings (SSSR count). The second-order valence-electron chi connectivity index (χ2n) is 4.76. The standard InChI is InChI=1S/C13H15FN2OS/c14-10-1-2-11-12(7-10)16(13(17)15-11)8-9-3-5-18-6-4-9/h1-2,7,9H,3-6,8H2,(H,15,17). The van der Waals surface area contributed by atoms with E-state index >= 15 is 0 Å². The van der Waals surface area contributed by atoms with E-state index in [0.29, 0.717) is 23.5 Å². The molecule has 18 heavy (non-hydrogen) atoms. The van der Waals surface area contributed by atoms with E-state index in [9.17, 15) is 9.18 Å². The van der Waals surface area contributed by atoms with Crippen LogP contribution in [0.4, 0.5) is 4.39 Å². The molecule has 0 amide bonds. The highest BCUT2D eigenvalue weighted by Gasteiger charge is 2.17. The van der Waals surface area contributed by atoms with Crippen LogP contribution >= 0.6 is 11.8 Å². The number of H-pyrrole nitrogens is 1. The fraction of sp³-hybridized carbons (Fsp3) is 0.462. The van der Waals surface area contributed by atoms with Gasteiger partial charge in [-0.15, -0.1) is 0 Å². The molecule has 1 aliphatic heterocycles. The lowest BCUT2D eigenvalue weighted by Crippen LogP contribution is -2.24. The Kier molecular flexibility index (Phi) is 3.16. The number of hydrogen-bond donors (Lipinski definition) is 1. The summed E-state index contributed by atoms with van der Waals surface area (Å²) in [4.78, 5) is 14.7. The summed E-state index contributed by atoms with van der Waals surface area (Å²) in [6.45, 7) is 0.697. The molecule has 1 aliphatic rings. The van der Waals surface area contributed by atoms with Crippen molar-refractivity contribution in [2.45, 2.75) is 19.4 Å². The van der Waals surface area contributed by atoms with Gasteiger partial charge in [-0.05, 0) is 48.5 Å². The van der Waals surface area contributed by atoms with Gasteiger partial charge in [0.05, 0.1) is 11.0 Å². The van der Waals surface area contributed by atoms with Crippen LogP contribution < -0.4 is 5.69 Å². The summed E-state index contributed by atoms with van der Waals surface area (Å²) in [5.41, 5.74) is 1.26. The Morgan fingerprint density at radius 1 is 1.39 bits per heavy atom. The van der Waals surface area contributed by atoms with Crippen molar-refractivity contribution in [3.8, 4) is 0 Å². The molecule has 2 aromatic rings. The van der Waals surface area contributed by atoms with Crippen LogP contribution in [0.15, 0.2) is 23.0 Å². The van der Waals surface area contributed by atoms with E-state index in [2.05, 4.69) is 4.98 Å². The van der Waals surface area contributed by atoms with Gasteiger partial charge in [0.25, 0.3) is 0 Å². The van der Waals surface area contributed by atoms with Gasteiger partial charge in [-0.3, -0.25) is 4.57 Å². The highest BCUT2D eigenvalue weighted by Crippen LogP contribution is 2.24. The summed E-state index contributed by atoms with van der Waals surface area (Å²) in [6, 6.07) is 4.43. The molecule has 0 bridgehead atoms. The number of halogens is 1. The third-order valence-electron chi connectivity index (χ3n) is 3.52.